The zero-order valence-corrected chi connectivity index (χ0v) is 21.6. The molecule has 3 heterocycles. The third-order valence-corrected chi connectivity index (χ3v) is 6.36. The van der Waals surface area contributed by atoms with Gasteiger partial charge in [0.05, 0.1) is 12.2 Å². The van der Waals surface area contributed by atoms with Gasteiger partial charge in [-0.3, -0.25) is 4.79 Å². The van der Waals surface area contributed by atoms with E-state index in [0.717, 1.165) is 61.3 Å². The van der Waals surface area contributed by atoms with Gasteiger partial charge in [0.15, 0.2) is 5.82 Å². The van der Waals surface area contributed by atoms with Crippen molar-refractivity contribution in [2.24, 2.45) is 0 Å². The van der Waals surface area contributed by atoms with Crippen molar-refractivity contribution in [2.45, 2.75) is 85.1 Å². The molecular formula is C27H36N8O. The van der Waals surface area contributed by atoms with Gasteiger partial charge in [-0.15, -0.1) is 10.2 Å². The van der Waals surface area contributed by atoms with E-state index in [9.17, 15) is 4.79 Å². The molecule has 0 saturated carbocycles. The van der Waals surface area contributed by atoms with Crippen LogP contribution in [-0.4, -0.2) is 45.7 Å². The van der Waals surface area contributed by atoms with Crippen LogP contribution in [0.3, 0.4) is 0 Å². The Balaban J connectivity index is 1.57. The number of unbranched alkanes of at least 4 members (excludes halogenated alkanes) is 3. The number of benzene rings is 1. The second-order valence-electron chi connectivity index (χ2n) is 9.22. The summed E-state index contributed by atoms with van der Waals surface area (Å²) >= 11 is 0. The van der Waals surface area contributed by atoms with Crippen LogP contribution < -0.4 is 0 Å². The van der Waals surface area contributed by atoms with Crippen LogP contribution in [0.2, 0.25) is 0 Å². The highest BCUT2D eigenvalue weighted by atomic mass is 16.1. The van der Waals surface area contributed by atoms with Gasteiger partial charge < -0.3 is 4.57 Å². The van der Waals surface area contributed by atoms with E-state index in [4.69, 9.17) is 0 Å². The maximum Gasteiger partial charge on any atom is 0.217 e. The lowest BCUT2D eigenvalue weighted by Crippen LogP contribution is -2.08. The van der Waals surface area contributed by atoms with Crippen molar-refractivity contribution in [2.75, 3.05) is 0 Å². The Morgan fingerprint density at radius 1 is 0.944 bits per heavy atom. The number of nitrogens with one attached hydrogen (secondary N) is 1. The maximum atomic E-state index is 12.4. The summed E-state index contributed by atoms with van der Waals surface area (Å²) in [5.74, 6) is 1.90. The topological polar surface area (TPSA) is 107 Å². The van der Waals surface area contributed by atoms with E-state index in [2.05, 4.69) is 85.7 Å². The lowest BCUT2D eigenvalue weighted by Gasteiger charge is -2.11. The molecule has 0 aliphatic rings. The van der Waals surface area contributed by atoms with Crippen LogP contribution in [-0.2, 0) is 19.4 Å². The fraction of sp³-hybridized carbons (Fsp3) is 0.481. The van der Waals surface area contributed by atoms with E-state index in [1.54, 1.807) is 0 Å². The van der Waals surface area contributed by atoms with Crippen molar-refractivity contribution in [3.63, 3.8) is 0 Å². The third kappa shape index (κ3) is 5.95. The zero-order valence-electron chi connectivity index (χ0n) is 21.6. The van der Waals surface area contributed by atoms with Crippen LogP contribution in [0.4, 0.5) is 0 Å². The van der Waals surface area contributed by atoms with E-state index in [1.165, 1.54) is 18.4 Å². The van der Waals surface area contributed by atoms with Crippen LogP contribution in [0.1, 0.15) is 93.3 Å². The second kappa shape index (κ2) is 12.4. The van der Waals surface area contributed by atoms with Gasteiger partial charge in [0.1, 0.15) is 5.82 Å². The van der Waals surface area contributed by atoms with Crippen molar-refractivity contribution in [3.8, 4) is 17.2 Å². The van der Waals surface area contributed by atoms with Gasteiger partial charge in [0.2, 0.25) is 11.6 Å². The molecule has 0 fully saturated rings. The molecule has 1 aromatic carbocycles. The number of ketones is 1. The summed E-state index contributed by atoms with van der Waals surface area (Å²) in [6, 6.07) is 10.6. The Labute approximate surface area is 212 Å². The SMILES string of the molecule is CCCCCc1ccn(-c2ccc(Cn3nc(C(=O)CCC)nc3CCCC)cc2)c1-c1nnn[nH]1. The normalized spacial score (nSPS) is 11.3. The van der Waals surface area contributed by atoms with E-state index >= 15 is 0 Å². The summed E-state index contributed by atoms with van der Waals surface area (Å²) in [6.45, 7) is 6.95. The van der Waals surface area contributed by atoms with Crippen LogP contribution in [0.5, 0.6) is 0 Å². The number of nitrogens with zero attached hydrogens (tertiary/aromatic N) is 7. The van der Waals surface area contributed by atoms with Gasteiger partial charge in [0.25, 0.3) is 0 Å². The molecule has 0 aliphatic heterocycles. The molecule has 0 bridgehead atoms. The molecule has 190 valence electrons. The van der Waals surface area contributed by atoms with Gasteiger partial charge in [-0.05, 0) is 65.4 Å². The molecule has 0 atom stereocenters. The highest BCUT2D eigenvalue weighted by Crippen LogP contribution is 2.27. The summed E-state index contributed by atoms with van der Waals surface area (Å²) < 4.78 is 4.03. The lowest BCUT2D eigenvalue weighted by molar-refractivity contribution is 0.0971. The number of hydrogen-bond donors (Lipinski definition) is 1. The van der Waals surface area contributed by atoms with E-state index in [0.29, 0.717) is 24.6 Å². The number of hydrogen-bond acceptors (Lipinski definition) is 6. The molecule has 0 saturated heterocycles. The van der Waals surface area contributed by atoms with E-state index in [1.807, 2.05) is 11.6 Å². The number of carbonyl (C=O) groups excluding carboxylic acids is 1. The Bertz CT molecular complexity index is 1240. The number of carbonyl (C=O) groups is 1. The van der Waals surface area contributed by atoms with Crippen LogP contribution in [0.15, 0.2) is 36.5 Å². The minimum atomic E-state index is 0.0149. The molecule has 9 nitrogen and oxygen atoms in total. The lowest BCUT2D eigenvalue weighted by atomic mass is 10.1. The second-order valence-corrected chi connectivity index (χ2v) is 9.22. The fourth-order valence-electron chi connectivity index (χ4n) is 4.39. The average Bonchev–Trinajstić information content (AvgIpc) is 3.64. The average molecular weight is 489 g/mol. The molecular weight excluding hydrogens is 452 g/mol. The zero-order chi connectivity index (χ0) is 25.3. The Hall–Kier alpha value is -3.62. The van der Waals surface area contributed by atoms with Gasteiger partial charge in [-0.2, -0.15) is 0 Å². The smallest absolute Gasteiger partial charge is 0.217 e. The Morgan fingerprint density at radius 2 is 1.75 bits per heavy atom. The van der Waals surface area contributed by atoms with Gasteiger partial charge in [-0.1, -0.05) is 52.2 Å². The summed E-state index contributed by atoms with van der Waals surface area (Å²) in [7, 11) is 0. The first-order valence-corrected chi connectivity index (χ1v) is 13.1. The molecule has 4 aromatic rings. The fourth-order valence-corrected chi connectivity index (χ4v) is 4.39. The molecule has 0 unspecified atom stereocenters. The molecule has 0 radical (unpaired) electrons. The summed E-state index contributed by atoms with van der Waals surface area (Å²) in [4.78, 5) is 17.0. The number of tetrazole rings is 1. The Kier molecular flexibility index (Phi) is 8.76. The number of Topliss-reactive ketones (excluding diaryl/α,β-unsaturated/α-hetero) is 1. The van der Waals surface area contributed by atoms with Gasteiger partial charge in [0, 0.05) is 24.7 Å². The minimum Gasteiger partial charge on any atom is -0.314 e. The van der Waals surface area contributed by atoms with E-state index < -0.39 is 0 Å². The van der Waals surface area contributed by atoms with Crippen LogP contribution in [0.25, 0.3) is 17.2 Å². The quantitative estimate of drug-likeness (QED) is 0.189. The maximum absolute atomic E-state index is 12.4. The van der Waals surface area contributed by atoms with Gasteiger partial charge in [-0.25, -0.2) is 14.8 Å². The monoisotopic (exact) mass is 488 g/mol. The predicted octanol–water partition coefficient (Wildman–Crippen LogP) is 5.36. The molecule has 0 amide bonds. The van der Waals surface area contributed by atoms with Crippen molar-refractivity contribution < 1.29 is 4.79 Å². The predicted molar refractivity (Wildman–Crippen MR) is 139 cm³/mol. The Morgan fingerprint density at radius 3 is 2.44 bits per heavy atom. The first-order chi connectivity index (χ1) is 17.6. The number of aryl methyl sites for hydroxylation is 2. The molecule has 0 aliphatic carbocycles. The van der Waals surface area contributed by atoms with Crippen molar-refractivity contribution in [3.05, 3.63) is 59.3 Å². The summed E-state index contributed by atoms with van der Waals surface area (Å²) in [5, 5.41) is 19.3. The number of rotatable bonds is 14. The highest BCUT2D eigenvalue weighted by Gasteiger charge is 2.17. The molecule has 36 heavy (non-hydrogen) atoms. The third-order valence-electron chi connectivity index (χ3n) is 6.36. The van der Waals surface area contributed by atoms with Crippen molar-refractivity contribution >= 4 is 5.78 Å². The standard InChI is InChI=1S/C27H36N8O/c1-4-7-9-11-21-17-18-34(25(21)27-29-32-33-30-27)22-15-13-20(14-16-22)19-35-24(12-8-5-2)28-26(31-35)23(36)10-6-3/h13-18H,4-12,19H2,1-3H3,(H,29,30,32,33). The van der Waals surface area contributed by atoms with Crippen LogP contribution >= 0.6 is 0 Å². The molecule has 1 N–H and O–H groups in total. The highest BCUT2D eigenvalue weighted by molar-refractivity contribution is 5.92. The summed E-state index contributed by atoms with van der Waals surface area (Å²) in [6.07, 6.45) is 10.8. The number of aromatic nitrogens is 8. The molecule has 4 rings (SSSR count). The molecule has 3 aromatic heterocycles. The number of H-pyrrole nitrogens is 1. The minimum absolute atomic E-state index is 0.0149. The first kappa shape index (κ1) is 25.5. The molecule has 9 heteroatoms. The number of aromatic amines is 1. The van der Waals surface area contributed by atoms with Gasteiger partial charge >= 0.3 is 0 Å². The van der Waals surface area contributed by atoms with Crippen molar-refractivity contribution in [1.29, 1.82) is 0 Å². The van der Waals surface area contributed by atoms with Crippen molar-refractivity contribution in [1.82, 2.24) is 40.0 Å². The first-order valence-electron chi connectivity index (χ1n) is 13.1. The van der Waals surface area contributed by atoms with E-state index in [-0.39, 0.29) is 5.78 Å². The largest absolute Gasteiger partial charge is 0.314 e. The van der Waals surface area contributed by atoms with Crippen LogP contribution in [0, 0.1) is 0 Å². The summed E-state index contributed by atoms with van der Waals surface area (Å²) in [5.41, 5.74) is 4.38. The molecule has 0 spiro atoms.